The summed E-state index contributed by atoms with van der Waals surface area (Å²) >= 11 is 1.60. The summed E-state index contributed by atoms with van der Waals surface area (Å²) in [5.41, 5.74) is 3.23. The molecule has 2 aromatic carbocycles. The fourth-order valence-corrected chi connectivity index (χ4v) is 3.35. The van der Waals surface area contributed by atoms with Gasteiger partial charge in [0.25, 0.3) is 0 Å². The molecule has 24 heavy (non-hydrogen) atoms. The van der Waals surface area contributed by atoms with Crippen LogP contribution in [0.3, 0.4) is 0 Å². The van der Waals surface area contributed by atoms with Crippen LogP contribution in [0.25, 0.3) is 0 Å². The van der Waals surface area contributed by atoms with Crippen LogP contribution in [0.2, 0.25) is 0 Å². The number of carbonyl (C=O) groups excluding carboxylic acids is 1. The Morgan fingerprint density at radius 3 is 2.12 bits per heavy atom. The quantitative estimate of drug-likeness (QED) is 0.729. The largest absolute Gasteiger partial charge is 0.350 e. The minimum absolute atomic E-state index is 0.0401. The number of carbonyl (C=O) groups is 1. The number of thiazole rings is 1. The van der Waals surface area contributed by atoms with Gasteiger partial charge >= 0.3 is 0 Å². The third kappa shape index (κ3) is 4.30. The minimum atomic E-state index is 0.0401. The van der Waals surface area contributed by atoms with E-state index >= 15 is 0 Å². The van der Waals surface area contributed by atoms with E-state index in [1.54, 1.807) is 11.3 Å². The number of aromatic nitrogens is 1. The minimum Gasteiger partial charge on any atom is -0.350 e. The van der Waals surface area contributed by atoms with E-state index in [1.807, 2.05) is 48.7 Å². The molecule has 0 aliphatic heterocycles. The first-order valence-electron chi connectivity index (χ1n) is 8.00. The lowest BCUT2D eigenvalue weighted by molar-refractivity contribution is -0.121. The lowest BCUT2D eigenvalue weighted by atomic mass is 9.88. The van der Waals surface area contributed by atoms with Crippen molar-refractivity contribution in [3.8, 4) is 0 Å². The lowest BCUT2D eigenvalue weighted by Crippen LogP contribution is -2.25. The zero-order valence-electron chi connectivity index (χ0n) is 13.6. The average Bonchev–Trinajstić information content (AvgIpc) is 3.05. The van der Waals surface area contributed by atoms with Gasteiger partial charge in [0.15, 0.2) is 0 Å². The molecule has 3 rings (SSSR count). The van der Waals surface area contributed by atoms with Crippen molar-refractivity contribution in [1.29, 1.82) is 0 Å². The number of rotatable bonds is 6. The van der Waals surface area contributed by atoms with Crippen LogP contribution in [0, 0.1) is 6.92 Å². The van der Waals surface area contributed by atoms with Crippen molar-refractivity contribution in [2.45, 2.75) is 25.8 Å². The monoisotopic (exact) mass is 336 g/mol. The van der Waals surface area contributed by atoms with Crippen LogP contribution in [-0.4, -0.2) is 10.9 Å². The Hall–Kier alpha value is -2.46. The SMILES string of the molecule is Cc1nc(CNC(=O)CC(c2ccccc2)c2ccccc2)cs1. The molecule has 0 fully saturated rings. The van der Waals surface area contributed by atoms with Crippen LogP contribution in [0.1, 0.15) is 34.2 Å². The normalized spacial score (nSPS) is 10.8. The Morgan fingerprint density at radius 2 is 1.62 bits per heavy atom. The van der Waals surface area contributed by atoms with Crippen LogP contribution in [0.4, 0.5) is 0 Å². The van der Waals surface area contributed by atoms with Crippen molar-refractivity contribution in [1.82, 2.24) is 10.3 Å². The van der Waals surface area contributed by atoms with Gasteiger partial charge in [0.2, 0.25) is 5.91 Å². The molecule has 0 unspecified atom stereocenters. The molecular weight excluding hydrogens is 316 g/mol. The molecule has 1 amide bonds. The number of hydrogen-bond acceptors (Lipinski definition) is 3. The van der Waals surface area contributed by atoms with Gasteiger partial charge in [-0.1, -0.05) is 60.7 Å². The zero-order chi connectivity index (χ0) is 16.8. The molecule has 3 nitrogen and oxygen atoms in total. The number of hydrogen-bond donors (Lipinski definition) is 1. The summed E-state index contributed by atoms with van der Waals surface area (Å²) in [5, 5.41) is 5.99. The van der Waals surface area contributed by atoms with Gasteiger partial charge in [-0.05, 0) is 18.1 Å². The van der Waals surface area contributed by atoms with E-state index < -0.39 is 0 Å². The zero-order valence-corrected chi connectivity index (χ0v) is 14.4. The molecule has 1 aromatic heterocycles. The highest BCUT2D eigenvalue weighted by molar-refractivity contribution is 7.09. The topological polar surface area (TPSA) is 42.0 Å². The predicted octanol–water partition coefficient (Wildman–Crippen LogP) is 4.29. The molecule has 4 heteroatoms. The van der Waals surface area contributed by atoms with E-state index in [-0.39, 0.29) is 11.8 Å². The van der Waals surface area contributed by atoms with Crippen LogP contribution in [0.15, 0.2) is 66.0 Å². The van der Waals surface area contributed by atoms with Crippen molar-refractivity contribution in [2.24, 2.45) is 0 Å². The Bertz CT molecular complexity index is 744. The molecule has 0 spiro atoms. The van der Waals surface area contributed by atoms with Crippen LogP contribution in [-0.2, 0) is 11.3 Å². The molecule has 0 saturated heterocycles. The summed E-state index contributed by atoms with van der Waals surface area (Å²) in [6.45, 7) is 2.45. The van der Waals surface area contributed by atoms with Gasteiger partial charge in [-0.15, -0.1) is 11.3 Å². The van der Waals surface area contributed by atoms with Crippen molar-refractivity contribution >= 4 is 17.2 Å². The molecule has 0 atom stereocenters. The number of aryl methyl sites for hydroxylation is 1. The molecule has 122 valence electrons. The van der Waals surface area contributed by atoms with Crippen molar-refractivity contribution < 1.29 is 4.79 Å². The highest BCUT2D eigenvalue weighted by Gasteiger charge is 2.18. The molecule has 0 aliphatic carbocycles. The summed E-state index contributed by atoms with van der Waals surface area (Å²) < 4.78 is 0. The van der Waals surface area contributed by atoms with Crippen molar-refractivity contribution in [3.63, 3.8) is 0 Å². The summed E-state index contributed by atoms with van der Waals surface area (Å²) in [6, 6.07) is 20.4. The Labute approximate surface area is 146 Å². The third-order valence-electron chi connectivity index (χ3n) is 3.93. The van der Waals surface area contributed by atoms with E-state index in [0.717, 1.165) is 21.8 Å². The molecule has 0 bridgehead atoms. The van der Waals surface area contributed by atoms with Crippen LogP contribution >= 0.6 is 11.3 Å². The second-order valence-electron chi connectivity index (χ2n) is 5.71. The highest BCUT2D eigenvalue weighted by atomic mass is 32.1. The second kappa shape index (κ2) is 7.88. The number of nitrogens with zero attached hydrogens (tertiary/aromatic N) is 1. The molecule has 3 aromatic rings. The fraction of sp³-hybridized carbons (Fsp3) is 0.200. The summed E-state index contributed by atoms with van der Waals surface area (Å²) in [6.07, 6.45) is 0.428. The summed E-state index contributed by atoms with van der Waals surface area (Å²) in [5.74, 6) is 0.0999. The van der Waals surface area contributed by atoms with Gasteiger partial charge in [-0.25, -0.2) is 4.98 Å². The third-order valence-corrected chi connectivity index (χ3v) is 4.75. The Balaban J connectivity index is 1.71. The van der Waals surface area contributed by atoms with Gasteiger partial charge < -0.3 is 5.32 Å². The maximum Gasteiger partial charge on any atom is 0.221 e. The van der Waals surface area contributed by atoms with Crippen molar-refractivity contribution in [2.75, 3.05) is 0 Å². The first-order valence-corrected chi connectivity index (χ1v) is 8.88. The smallest absolute Gasteiger partial charge is 0.221 e. The first-order chi connectivity index (χ1) is 11.7. The maximum atomic E-state index is 12.4. The molecule has 0 radical (unpaired) electrons. The first kappa shape index (κ1) is 16.4. The number of amides is 1. The molecule has 1 heterocycles. The van der Waals surface area contributed by atoms with E-state index in [4.69, 9.17) is 0 Å². The van der Waals surface area contributed by atoms with Gasteiger partial charge in [0.05, 0.1) is 17.2 Å². The van der Waals surface area contributed by atoms with E-state index in [1.165, 1.54) is 0 Å². The standard InChI is InChI=1S/C20H20N2OS/c1-15-22-18(14-24-15)13-21-20(23)12-19(16-8-4-2-5-9-16)17-10-6-3-7-11-17/h2-11,14,19H,12-13H2,1H3,(H,21,23). The number of benzene rings is 2. The number of nitrogens with one attached hydrogen (secondary N) is 1. The maximum absolute atomic E-state index is 12.4. The van der Waals surface area contributed by atoms with Crippen LogP contribution < -0.4 is 5.32 Å². The summed E-state index contributed by atoms with van der Waals surface area (Å²) in [7, 11) is 0. The Kier molecular flexibility index (Phi) is 5.39. The molecule has 1 N–H and O–H groups in total. The van der Waals surface area contributed by atoms with Gasteiger partial charge in [0.1, 0.15) is 0 Å². The molecule has 0 saturated carbocycles. The van der Waals surface area contributed by atoms with Gasteiger partial charge in [-0.3, -0.25) is 4.79 Å². The average molecular weight is 336 g/mol. The van der Waals surface area contributed by atoms with Crippen molar-refractivity contribution in [3.05, 3.63) is 87.9 Å². The van der Waals surface area contributed by atoms with Gasteiger partial charge in [0, 0.05) is 17.7 Å². The lowest BCUT2D eigenvalue weighted by Gasteiger charge is -2.17. The molecule has 0 aliphatic rings. The van der Waals surface area contributed by atoms with E-state index in [2.05, 4.69) is 34.6 Å². The van der Waals surface area contributed by atoms with E-state index in [9.17, 15) is 4.79 Å². The highest BCUT2D eigenvalue weighted by Crippen LogP contribution is 2.27. The van der Waals surface area contributed by atoms with E-state index in [0.29, 0.717) is 13.0 Å². The summed E-state index contributed by atoms with van der Waals surface area (Å²) in [4.78, 5) is 16.8. The second-order valence-corrected chi connectivity index (χ2v) is 6.77. The fourth-order valence-electron chi connectivity index (χ4n) is 2.73. The Morgan fingerprint density at radius 1 is 1.04 bits per heavy atom. The molecular formula is C20H20N2OS. The van der Waals surface area contributed by atoms with Crippen LogP contribution in [0.5, 0.6) is 0 Å². The predicted molar refractivity (Wildman–Crippen MR) is 98.0 cm³/mol. The van der Waals surface area contributed by atoms with Gasteiger partial charge in [-0.2, -0.15) is 0 Å².